The number of amides is 1. The molecule has 0 unspecified atom stereocenters. The van der Waals surface area contributed by atoms with Gasteiger partial charge in [-0.3, -0.25) is 4.79 Å². The van der Waals surface area contributed by atoms with E-state index >= 15 is 0 Å². The molecule has 0 bridgehead atoms. The summed E-state index contributed by atoms with van der Waals surface area (Å²) in [5.41, 5.74) is 2.17. The molecule has 0 saturated carbocycles. The third-order valence-electron chi connectivity index (χ3n) is 4.66. The fraction of sp³-hybridized carbons (Fsp3) is 0.429. The summed E-state index contributed by atoms with van der Waals surface area (Å²) in [4.78, 5) is 26.2. The van der Waals surface area contributed by atoms with E-state index in [-0.39, 0.29) is 24.6 Å². The van der Waals surface area contributed by atoms with Gasteiger partial charge in [0.05, 0.1) is 11.6 Å². The van der Waals surface area contributed by atoms with E-state index in [0.29, 0.717) is 22.3 Å². The van der Waals surface area contributed by atoms with Crippen LogP contribution in [0.25, 0.3) is 21.9 Å². The molecule has 2 aromatic heterocycles. The van der Waals surface area contributed by atoms with Crippen LogP contribution >= 0.6 is 0 Å². The zero-order valence-corrected chi connectivity index (χ0v) is 16.6. The monoisotopic (exact) mass is 371 g/mol. The van der Waals surface area contributed by atoms with Gasteiger partial charge in [-0.1, -0.05) is 0 Å². The highest BCUT2D eigenvalue weighted by atomic mass is 16.5. The zero-order chi connectivity index (χ0) is 19.9. The standard InChI is InChI=1S/C21H25NO5/c1-11(2)22(12(3)4)17(23)10-25-16-8-15-13(5)7-18(24)27-20(15)19-14(6)9-26-21(16)19/h7-9,11-12H,10H2,1-6H3. The van der Waals surface area contributed by atoms with Gasteiger partial charge in [-0.15, -0.1) is 0 Å². The van der Waals surface area contributed by atoms with Crippen LogP contribution in [0, 0.1) is 13.8 Å². The van der Waals surface area contributed by atoms with Crippen molar-refractivity contribution in [2.75, 3.05) is 6.61 Å². The van der Waals surface area contributed by atoms with Gasteiger partial charge in [0.25, 0.3) is 5.91 Å². The molecule has 3 aromatic rings. The molecule has 1 amide bonds. The predicted octanol–water partition coefficient (Wildman–Crippen LogP) is 4.18. The maximum Gasteiger partial charge on any atom is 0.336 e. The topological polar surface area (TPSA) is 72.9 Å². The van der Waals surface area contributed by atoms with Crippen LogP contribution < -0.4 is 10.4 Å². The van der Waals surface area contributed by atoms with Gasteiger partial charge < -0.3 is 18.5 Å². The lowest BCUT2D eigenvalue weighted by Crippen LogP contribution is -2.44. The van der Waals surface area contributed by atoms with E-state index in [1.807, 2.05) is 41.5 Å². The Hall–Kier alpha value is -2.76. The van der Waals surface area contributed by atoms with E-state index < -0.39 is 5.63 Å². The molecule has 0 saturated heterocycles. The van der Waals surface area contributed by atoms with E-state index in [0.717, 1.165) is 16.5 Å². The van der Waals surface area contributed by atoms with Crippen LogP contribution in [0.15, 0.2) is 32.0 Å². The van der Waals surface area contributed by atoms with Gasteiger partial charge in [-0.25, -0.2) is 4.79 Å². The Morgan fingerprint density at radius 3 is 2.37 bits per heavy atom. The van der Waals surface area contributed by atoms with Gasteiger partial charge in [0.1, 0.15) is 5.58 Å². The first-order chi connectivity index (χ1) is 12.7. The number of hydrogen-bond acceptors (Lipinski definition) is 5. The van der Waals surface area contributed by atoms with E-state index in [1.54, 1.807) is 17.2 Å². The Kier molecular flexibility index (Phi) is 5.00. The first-order valence-electron chi connectivity index (χ1n) is 9.10. The lowest BCUT2D eigenvalue weighted by molar-refractivity contribution is -0.136. The summed E-state index contributed by atoms with van der Waals surface area (Å²) in [6.07, 6.45) is 1.59. The van der Waals surface area contributed by atoms with Crippen molar-refractivity contribution in [2.45, 2.75) is 53.6 Å². The van der Waals surface area contributed by atoms with Crippen LogP contribution in [-0.2, 0) is 4.79 Å². The fourth-order valence-electron chi connectivity index (χ4n) is 3.58. The summed E-state index contributed by atoms with van der Waals surface area (Å²) < 4.78 is 16.9. The Bertz CT molecular complexity index is 1050. The maximum atomic E-state index is 12.6. The Labute approximate surface area is 157 Å². The molecular weight excluding hydrogens is 346 g/mol. The number of rotatable bonds is 5. The highest BCUT2D eigenvalue weighted by molar-refractivity contribution is 6.07. The van der Waals surface area contributed by atoms with Crippen molar-refractivity contribution in [1.82, 2.24) is 4.90 Å². The third-order valence-corrected chi connectivity index (χ3v) is 4.66. The van der Waals surface area contributed by atoms with Crippen molar-refractivity contribution in [3.8, 4) is 5.75 Å². The van der Waals surface area contributed by atoms with Gasteiger partial charge in [-0.2, -0.15) is 0 Å². The SMILES string of the molecule is Cc1cc(=O)oc2c1cc(OCC(=O)N(C(C)C)C(C)C)c1occ(C)c12. The van der Waals surface area contributed by atoms with Crippen molar-refractivity contribution in [2.24, 2.45) is 0 Å². The van der Waals surface area contributed by atoms with E-state index in [9.17, 15) is 9.59 Å². The summed E-state index contributed by atoms with van der Waals surface area (Å²) in [5, 5.41) is 1.46. The first kappa shape index (κ1) is 19.0. The molecule has 0 atom stereocenters. The lowest BCUT2D eigenvalue weighted by atomic mass is 10.1. The number of hydrogen-bond donors (Lipinski definition) is 0. The third kappa shape index (κ3) is 3.44. The summed E-state index contributed by atoms with van der Waals surface area (Å²) in [6.45, 7) is 11.5. The molecule has 3 rings (SSSR count). The van der Waals surface area contributed by atoms with Crippen LogP contribution in [0.3, 0.4) is 0 Å². The average molecular weight is 371 g/mol. The molecule has 6 nitrogen and oxygen atoms in total. The fourth-order valence-corrected chi connectivity index (χ4v) is 3.58. The van der Waals surface area contributed by atoms with Crippen LogP contribution in [0.5, 0.6) is 5.75 Å². The summed E-state index contributed by atoms with van der Waals surface area (Å²) in [5.74, 6) is 0.371. The number of nitrogens with zero attached hydrogens (tertiary/aromatic N) is 1. The van der Waals surface area contributed by atoms with Gasteiger partial charge in [-0.05, 0) is 58.7 Å². The quantitative estimate of drug-likeness (QED) is 0.629. The van der Waals surface area contributed by atoms with Crippen molar-refractivity contribution in [3.63, 3.8) is 0 Å². The van der Waals surface area contributed by atoms with E-state index in [1.165, 1.54) is 6.07 Å². The molecule has 2 heterocycles. The molecule has 0 aliphatic heterocycles. The minimum Gasteiger partial charge on any atom is -0.480 e. The van der Waals surface area contributed by atoms with Gasteiger partial charge in [0, 0.05) is 23.5 Å². The predicted molar refractivity (Wildman–Crippen MR) is 104 cm³/mol. The van der Waals surface area contributed by atoms with Crippen molar-refractivity contribution in [1.29, 1.82) is 0 Å². The largest absolute Gasteiger partial charge is 0.480 e. The van der Waals surface area contributed by atoms with Crippen LogP contribution in [0.2, 0.25) is 0 Å². The summed E-state index contributed by atoms with van der Waals surface area (Å²) in [7, 11) is 0. The molecule has 0 aliphatic rings. The molecule has 6 heteroatoms. The molecule has 0 spiro atoms. The second-order valence-corrected chi connectivity index (χ2v) is 7.40. The van der Waals surface area contributed by atoms with Crippen LogP contribution in [0.1, 0.15) is 38.8 Å². The van der Waals surface area contributed by atoms with Crippen molar-refractivity contribution in [3.05, 3.63) is 39.9 Å². The number of ether oxygens (including phenoxy) is 1. The second-order valence-electron chi connectivity index (χ2n) is 7.40. The molecule has 0 aliphatic carbocycles. The Morgan fingerprint density at radius 1 is 1.07 bits per heavy atom. The molecule has 0 radical (unpaired) electrons. The summed E-state index contributed by atoms with van der Waals surface area (Å²) >= 11 is 0. The number of furan rings is 1. The number of fused-ring (bicyclic) bond motifs is 3. The molecule has 1 aromatic carbocycles. The van der Waals surface area contributed by atoms with Gasteiger partial charge in [0.2, 0.25) is 0 Å². The summed E-state index contributed by atoms with van der Waals surface area (Å²) in [6, 6.07) is 3.37. The molecule has 0 N–H and O–H groups in total. The second kappa shape index (κ2) is 7.10. The van der Waals surface area contributed by atoms with Gasteiger partial charge >= 0.3 is 5.63 Å². The lowest BCUT2D eigenvalue weighted by Gasteiger charge is -2.30. The zero-order valence-electron chi connectivity index (χ0n) is 16.6. The molecule has 0 fully saturated rings. The first-order valence-corrected chi connectivity index (χ1v) is 9.10. The molecule has 27 heavy (non-hydrogen) atoms. The van der Waals surface area contributed by atoms with Gasteiger partial charge in [0.15, 0.2) is 17.9 Å². The smallest absolute Gasteiger partial charge is 0.336 e. The highest BCUT2D eigenvalue weighted by Gasteiger charge is 2.22. The average Bonchev–Trinajstić information content (AvgIpc) is 2.95. The normalized spacial score (nSPS) is 11.7. The molecule has 144 valence electrons. The minimum absolute atomic E-state index is 0.0834. The number of benzene rings is 1. The van der Waals surface area contributed by atoms with Crippen LogP contribution in [-0.4, -0.2) is 29.5 Å². The number of carbonyl (C=O) groups excluding carboxylic acids is 1. The maximum absolute atomic E-state index is 12.6. The van der Waals surface area contributed by atoms with Crippen molar-refractivity contribution >= 4 is 27.8 Å². The minimum atomic E-state index is -0.407. The highest BCUT2D eigenvalue weighted by Crippen LogP contribution is 2.37. The number of carbonyl (C=O) groups is 1. The Balaban J connectivity index is 2.04. The molecular formula is C21H25NO5. The van der Waals surface area contributed by atoms with E-state index in [2.05, 4.69) is 0 Å². The van der Waals surface area contributed by atoms with E-state index in [4.69, 9.17) is 13.6 Å². The van der Waals surface area contributed by atoms with Crippen LogP contribution in [0.4, 0.5) is 0 Å². The van der Waals surface area contributed by atoms with Crippen molar-refractivity contribution < 1.29 is 18.4 Å². The number of aryl methyl sites for hydroxylation is 2. The Morgan fingerprint density at radius 2 is 1.74 bits per heavy atom.